The number of fused-ring (bicyclic) bond motifs is 1. The van der Waals surface area contributed by atoms with Gasteiger partial charge in [0.05, 0.1) is 24.2 Å². The van der Waals surface area contributed by atoms with Gasteiger partial charge in [-0.05, 0) is 18.6 Å². The normalized spacial score (nSPS) is 17.2. The van der Waals surface area contributed by atoms with Crippen LogP contribution in [0, 0.1) is 0 Å². The second kappa shape index (κ2) is 6.72. The molecule has 1 amide bonds. The number of benzene rings is 2. The highest BCUT2D eigenvalue weighted by Gasteiger charge is 2.35. The summed E-state index contributed by atoms with van der Waals surface area (Å²) in [5.41, 5.74) is 0.821. The second-order valence-electron chi connectivity index (χ2n) is 5.79. The third-order valence-electron chi connectivity index (χ3n) is 4.32. The molecule has 0 saturated carbocycles. The van der Waals surface area contributed by atoms with Crippen LogP contribution in [0.2, 0.25) is 0 Å². The van der Waals surface area contributed by atoms with Crippen LogP contribution in [0.25, 0.3) is 10.8 Å². The molecular formula is C19H17N3O2S. The van der Waals surface area contributed by atoms with Gasteiger partial charge in [-0.1, -0.05) is 48.2 Å². The maximum atomic E-state index is 12.9. The Hall–Kier alpha value is -2.60. The van der Waals surface area contributed by atoms with E-state index in [1.807, 2.05) is 48.5 Å². The summed E-state index contributed by atoms with van der Waals surface area (Å²) < 4.78 is 5.39. The van der Waals surface area contributed by atoms with Crippen molar-refractivity contribution < 1.29 is 9.53 Å². The summed E-state index contributed by atoms with van der Waals surface area (Å²) in [5, 5.41) is 11.0. The highest BCUT2D eigenvalue weighted by Crippen LogP contribution is 2.37. The molecule has 0 aliphatic carbocycles. The number of para-hydroxylation sites is 2. The van der Waals surface area contributed by atoms with Crippen LogP contribution in [0.3, 0.4) is 0 Å². The molecule has 1 saturated heterocycles. The van der Waals surface area contributed by atoms with E-state index in [1.165, 1.54) is 11.8 Å². The fourth-order valence-electron chi connectivity index (χ4n) is 3.08. The Kier molecular flexibility index (Phi) is 4.28. The average molecular weight is 351 g/mol. The Morgan fingerprint density at radius 3 is 2.84 bits per heavy atom. The molecule has 1 unspecified atom stereocenters. The largest absolute Gasteiger partial charge is 0.495 e. The number of methoxy groups -OCH3 is 1. The first-order valence-electron chi connectivity index (χ1n) is 8.09. The Morgan fingerprint density at radius 2 is 1.96 bits per heavy atom. The summed E-state index contributed by atoms with van der Waals surface area (Å²) >= 11 is 1.50. The molecule has 1 aliphatic rings. The van der Waals surface area contributed by atoms with Gasteiger partial charge in [0.2, 0.25) is 5.91 Å². The zero-order chi connectivity index (χ0) is 17.2. The number of rotatable bonds is 4. The Labute approximate surface area is 150 Å². The Balaban J connectivity index is 1.60. The molecular weight excluding hydrogens is 334 g/mol. The number of hydrogen-bond acceptors (Lipinski definition) is 5. The molecule has 4 rings (SSSR count). The molecule has 2 aromatic carbocycles. The van der Waals surface area contributed by atoms with Gasteiger partial charge in [-0.15, -0.1) is 5.10 Å². The van der Waals surface area contributed by atoms with E-state index in [1.54, 1.807) is 18.2 Å². The lowest BCUT2D eigenvalue weighted by molar-refractivity contribution is -0.116. The smallest absolute Gasteiger partial charge is 0.240 e. The molecule has 0 N–H and O–H groups in total. The maximum absolute atomic E-state index is 12.9. The van der Waals surface area contributed by atoms with Crippen molar-refractivity contribution in [3.63, 3.8) is 0 Å². The van der Waals surface area contributed by atoms with Gasteiger partial charge in [-0.3, -0.25) is 4.79 Å². The number of ether oxygens (including phenoxy) is 1. The standard InChI is InChI=1S/C19H17N3O2S/c1-24-16-9-5-4-8-15(16)22-11-10-17(19(22)23)25-18-14-7-3-2-6-13(14)12-20-21-18/h2-9,12,17H,10-11H2,1H3. The lowest BCUT2D eigenvalue weighted by Gasteiger charge is -2.19. The van der Waals surface area contributed by atoms with E-state index < -0.39 is 0 Å². The fourth-order valence-corrected chi connectivity index (χ4v) is 4.21. The monoisotopic (exact) mass is 351 g/mol. The summed E-state index contributed by atoms with van der Waals surface area (Å²) in [6.45, 7) is 0.676. The topological polar surface area (TPSA) is 55.3 Å². The predicted octanol–water partition coefficient (Wildman–Crippen LogP) is 3.54. The lowest BCUT2D eigenvalue weighted by atomic mass is 10.2. The van der Waals surface area contributed by atoms with Crippen molar-refractivity contribution in [3.8, 4) is 5.75 Å². The Morgan fingerprint density at radius 1 is 1.16 bits per heavy atom. The van der Waals surface area contributed by atoms with Crippen LogP contribution in [0.1, 0.15) is 6.42 Å². The van der Waals surface area contributed by atoms with Gasteiger partial charge in [-0.25, -0.2) is 0 Å². The number of anilines is 1. The van der Waals surface area contributed by atoms with E-state index in [9.17, 15) is 4.79 Å². The quantitative estimate of drug-likeness (QED) is 0.720. The van der Waals surface area contributed by atoms with E-state index in [0.717, 1.165) is 27.9 Å². The molecule has 0 spiro atoms. The number of carbonyl (C=O) groups excluding carboxylic acids is 1. The molecule has 3 aromatic rings. The summed E-state index contributed by atoms with van der Waals surface area (Å²) in [6.07, 6.45) is 2.52. The molecule has 6 heteroatoms. The second-order valence-corrected chi connectivity index (χ2v) is 6.99. The zero-order valence-electron chi connectivity index (χ0n) is 13.8. The molecule has 2 heterocycles. The van der Waals surface area contributed by atoms with Crippen molar-refractivity contribution in [1.82, 2.24) is 10.2 Å². The van der Waals surface area contributed by atoms with E-state index in [-0.39, 0.29) is 11.2 Å². The minimum absolute atomic E-state index is 0.0873. The first kappa shape index (κ1) is 15.9. The minimum atomic E-state index is -0.162. The van der Waals surface area contributed by atoms with Crippen LogP contribution in [0.4, 0.5) is 5.69 Å². The number of nitrogens with zero attached hydrogens (tertiary/aromatic N) is 3. The summed E-state index contributed by atoms with van der Waals surface area (Å²) in [4.78, 5) is 14.7. The number of hydrogen-bond donors (Lipinski definition) is 0. The molecule has 0 bridgehead atoms. The van der Waals surface area contributed by atoms with Gasteiger partial charge in [0.25, 0.3) is 0 Å². The van der Waals surface area contributed by atoms with Gasteiger partial charge in [0.15, 0.2) is 0 Å². The Bertz CT molecular complexity index is 926. The van der Waals surface area contributed by atoms with Gasteiger partial charge < -0.3 is 9.64 Å². The summed E-state index contributed by atoms with van der Waals surface area (Å²) in [7, 11) is 1.62. The SMILES string of the molecule is COc1ccccc1N1CCC(Sc2nncc3ccccc23)C1=O. The number of amides is 1. The van der Waals surface area contributed by atoms with Crippen LogP contribution in [0.5, 0.6) is 5.75 Å². The van der Waals surface area contributed by atoms with Gasteiger partial charge in [-0.2, -0.15) is 5.10 Å². The van der Waals surface area contributed by atoms with E-state index >= 15 is 0 Å². The first-order chi connectivity index (χ1) is 12.3. The van der Waals surface area contributed by atoms with Crippen LogP contribution >= 0.6 is 11.8 Å². The first-order valence-corrected chi connectivity index (χ1v) is 8.97. The molecule has 1 fully saturated rings. The van der Waals surface area contributed by atoms with Crippen molar-refractivity contribution in [1.29, 1.82) is 0 Å². The molecule has 5 nitrogen and oxygen atoms in total. The number of thioether (sulfide) groups is 1. The third-order valence-corrected chi connectivity index (χ3v) is 5.57. The highest BCUT2D eigenvalue weighted by molar-refractivity contribution is 8.00. The number of aromatic nitrogens is 2. The van der Waals surface area contributed by atoms with Crippen LogP contribution in [0.15, 0.2) is 59.8 Å². The molecule has 1 aliphatic heterocycles. The summed E-state index contributed by atoms with van der Waals surface area (Å²) in [6, 6.07) is 15.6. The molecule has 1 aromatic heterocycles. The fraction of sp³-hybridized carbons (Fsp3) is 0.211. The van der Waals surface area contributed by atoms with Gasteiger partial charge >= 0.3 is 0 Å². The van der Waals surface area contributed by atoms with E-state index in [2.05, 4.69) is 10.2 Å². The van der Waals surface area contributed by atoms with Crippen LogP contribution in [-0.2, 0) is 4.79 Å². The molecule has 1 atom stereocenters. The summed E-state index contributed by atoms with van der Waals surface area (Å²) in [5.74, 6) is 0.802. The zero-order valence-corrected chi connectivity index (χ0v) is 14.6. The predicted molar refractivity (Wildman–Crippen MR) is 99.1 cm³/mol. The molecule has 126 valence electrons. The van der Waals surface area contributed by atoms with Crippen LogP contribution in [-0.4, -0.2) is 35.0 Å². The van der Waals surface area contributed by atoms with Crippen molar-refractivity contribution in [2.24, 2.45) is 0 Å². The average Bonchev–Trinajstić information content (AvgIpc) is 3.02. The number of carbonyl (C=O) groups is 1. The highest BCUT2D eigenvalue weighted by atomic mass is 32.2. The van der Waals surface area contributed by atoms with Crippen molar-refractivity contribution in [2.75, 3.05) is 18.6 Å². The van der Waals surface area contributed by atoms with Crippen molar-refractivity contribution in [3.05, 3.63) is 54.7 Å². The van der Waals surface area contributed by atoms with Crippen LogP contribution < -0.4 is 9.64 Å². The van der Waals surface area contributed by atoms with E-state index in [4.69, 9.17) is 4.74 Å². The van der Waals surface area contributed by atoms with Gasteiger partial charge in [0, 0.05) is 17.3 Å². The van der Waals surface area contributed by atoms with Gasteiger partial charge in [0.1, 0.15) is 10.8 Å². The van der Waals surface area contributed by atoms with E-state index in [0.29, 0.717) is 12.3 Å². The van der Waals surface area contributed by atoms with Crippen molar-refractivity contribution in [2.45, 2.75) is 16.7 Å². The molecule has 25 heavy (non-hydrogen) atoms. The third kappa shape index (κ3) is 2.93. The lowest BCUT2D eigenvalue weighted by Crippen LogP contribution is -2.28. The van der Waals surface area contributed by atoms with Crippen molar-refractivity contribution >= 4 is 34.1 Å². The molecule has 0 radical (unpaired) electrons. The minimum Gasteiger partial charge on any atom is -0.495 e. The maximum Gasteiger partial charge on any atom is 0.240 e.